The molecule has 0 saturated carbocycles. The smallest absolute Gasteiger partial charge is 0.120 e. The predicted octanol–water partition coefficient (Wildman–Crippen LogP) is 15.1. The third-order valence-electron chi connectivity index (χ3n) is 12.1. The molecular formula is C58H54IrN4OSi-2. The molecule has 0 saturated heterocycles. The van der Waals surface area contributed by atoms with Gasteiger partial charge in [-0.05, 0) is 83.1 Å². The first kappa shape index (κ1) is 45.3. The summed E-state index contributed by atoms with van der Waals surface area (Å²) in [5.41, 5.74) is 16.8. The molecule has 0 N–H and O–H groups in total. The molecule has 65 heavy (non-hydrogen) atoms. The van der Waals surface area contributed by atoms with Gasteiger partial charge in [0.25, 0.3) is 0 Å². The Labute approximate surface area is 398 Å². The Kier molecular flexibility index (Phi) is 13.0. The zero-order valence-electron chi connectivity index (χ0n) is 38.6. The average molecular weight is 1040 g/mol. The standard InChI is InChI=1S/C43H36N3O.C15H18NSi.Ir/c1-26(2)35-23-31(29-15-8-6-9-16-29)24-36(27(3)4)41(35)46-40-28(5)44-37(30-17-10-7-11-18-30)25-38(40)45-43(46)34-21-14-20-33-32-19-12-13-22-39(32)47-42(33)34;1-12-10-14(13-8-6-5-7-9-13)16-11-15(12)17(2,3)4;/h6-20,22-27H,1-5H3;5-8,10-11H,1-4H3;/q2*-1;. The summed E-state index contributed by atoms with van der Waals surface area (Å²) in [6.45, 7) is 20.5. The molecule has 1 radical (unpaired) electrons. The van der Waals surface area contributed by atoms with Gasteiger partial charge in [0.2, 0.25) is 0 Å². The molecule has 0 amide bonds. The Morgan fingerprint density at radius 1 is 0.615 bits per heavy atom. The number of benzene rings is 6. The van der Waals surface area contributed by atoms with E-state index in [1.165, 1.54) is 33.0 Å². The van der Waals surface area contributed by atoms with Gasteiger partial charge in [0.1, 0.15) is 5.58 Å². The van der Waals surface area contributed by atoms with Gasteiger partial charge in [-0.2, -0.15) is 0 Å². The molecule has 327 valence electrons. The fraction of sp³-hybridized carbons (Fsp3) is 0.190. The van der Waals surface area contributed by atoms with E-state index in [4.69, 9.17) is 14.4 Å². The maximum absolute atomic E-state index is 6.58. The van der Waals surface area contributed by atoms with Crippen molar-refractivity contribution in [2.24, 2.45) is 0 Å². The number of nitrogens with zero attached hydrogens (tertiary/aromatic N) is 4. The Morgan fingerprint density at radius 3 is 1.89 bits per heavy atom. The maximum atomic E-state index is 6.58. The van der Waals surface area contributed by atoms with Gasteiger partial charge in [-0.25, -0.2) is 0 Å². The Bertz CT molecular complexity index is 3250. The fourth-order valence-corrected chi connectivity index (χ4v) is 10.6. The normalized spacial score (nSPS) is 11.6. The number of aryl methyl sites for hydroxylation is 2. The van der Waals surface area contributed by atoms with E-state index in [1.807, 2.05) is 42.5 Å². The van der Waals surface area contributed by atoms with Crippen LogP contribution in [0.25, 0.3) is 83.7 Å². The van der Waals surface area contributed by atoms with Crippen molar-refractivity contribution in [3.63, 3.8) is 0 Å². The first-order chi connectivity index (χ1) is 30.9. The van der Waals surface area contributed by atoms with Gasteiger partial charge < -0.3 is 14.0 Å². The molecule has 0 atom stereocenters. The molecule has 0 spiro atoms. The summed E-state index contributed by atoms with van der Waals surface area (Å²) in [7, 11) is -1.27. The molecule has 0 aliphatic carbocycles. The van der Waals surface area contributed by atoms with Gasteiger partial charge in [0, 0.05) is 42.9 Å². The third kappa shape index (κ3) is 8.94. The number of aromatic nitrogens is 4. The minimum atomic E-state index is -1.27. The molecule has 4 aromatic heterocycles. The number of para-hydroxylation sites is 1. The molecule has 0 bridgehead atoms. The molecule has 6 aromatic carbocycles. The van der Waals surface area contributed by atoms with Crippen LogP contribution >= 0.6 is 0 Å². The predicted molar refractivity (Wildman–Crippen MR) is 270 cm³/mol. The summed E-state index contributed by atoms with van der Waals surface area (Å²) >= 11 is 0. The van der Waals surface area contributed by atoms with Crippen LogP contribution in [-0.2, 0) is 20.1 Å². The molecule has 0 unspecified atom stereocenters. The number of pyridine rings is 2. The number of hydrogen-bond donors (Lipinski definition) is 0. The van der Waals surface area contributed by atoms with E-state index in [-0.39, 0.29) is 31.9 Å². The number of furan rings is 1. The van der Waals surface area contributed by atoms with Crippen LogP contribution in [0.3, 0.4) is 0 Å². The number of fused-ring (bicyclic) bond motifs is 4. The zero-order valence-corrected chi connectivity index (χ0v) is 42.0. The minimum absolute atomic E-state index is 0. The summed E-state index contributed by atoms with van der Waals surface area (Å²) in [4.78, 5) is 15.2. The average Bonchev–Trinajstić information content (AvgIpc) is 3.88. The van der Waals surface area contributed by atoms with E-state index in [0.717, 1.165) is 78.3 Å². The number of hydrogen-bond acceptors (Lipinski definition) is 4. The first-order valence-corrected chi connectivity index (χ1v) is 25.8. The van der Waals surface area contributed by atoms with Gasteiger partial charge in [0.05, 0.1) is 41.9 Å². The zero-order chi connectivity index (χ0) is 44.7. The van der Waals surface area contributed by atoms with Crippen LogP contribution in [0.15, 0.2) is 156 Å². The van der Waals surface area contributed by atoms with Gasteiger partial charge in [-0.3, -0.25) is 9.97 Å². The molecule has 10 aromatic rings. The second-order valence-corrected chi connectivity index (χ2v) is 23.4. The van der Waals surface area contributed by atoms with Crippen molar-refractivity contribution >= 4 is 46.2 Å². The van der Waals surface area contributed by atoms with Crippen LogP contribution in [0.5, 0.6) is 0 Å². The van der Waals surface area contributed by atoms with Gasteiger partial charge >= 0.3 is 0 Å². The summed E-state index contributed by atoms with van der Waals surface area (Å²) < 4.78 is 8.93. The molecule has 0 fully saturated rings. The van der Waals surface area contributed by atoms with Crippen LogP contribution in [0.1, 0.15) is 61.9 Å². The van der Waals surface area contributed by atoms with Crippen LogP contribution in [0.2, 0.25) is 19.6 Å². The van der Waals surface area contributed by atoms with Crippen molar-refractivity contribution in [3.05, 3.63) is 186 Å². The van der Waals surface area contributed by atoms with Crippen LogP contribution in [0.4, 0.5) is 0 Å². The molecule has 0 aliphatic heterocycles. The van der Waals surface area contributed by atoms with Crippen molar-refractivity contribution in [1.82, 2.24) is 19.5 Å². The van der Waals surface area contributed by atoms with E-state index in [0.29, 0.717) is 0 Å². The molecule has 5 nitrogen and oxygen atoms in total. The van der Waals surface area contributed by atoms with E-state index in [2.05, 4.69) is 192 Å². The molecule has 4 heterocycles. The second-order valence-electron chi connectivity index (χ2n) is 18.4. The Balaban J connectivity index is 0.000000270. The van der Waals surface area contributed by atoms with Crippen LogP contribution < -0.4 is 5.19 Å². The van der Waals surface area contributed by atoms with E-state index in [9.17, 15) is 0 Å². The van der Waals surface area contributed by atoms with Crippen LogP contribution in [-0.4, -0.2) is 27.6 Å². The van der Waals surface area contributed by atoms with E-state index >= 15 is 0 Å². The van der Waals surface area contributed by atoms with Gasteiger partial charge in [0.15, 0.2) is 0 Å². The van der Waals surface area contributed by atoms with Crippen molar-refractivity contribution in [1.29, 1.82) is 0 Å². The molecule has 7 heteroatoms. The summed E-state index contributed by atoms with van der Waals surface area (Å²) in [6, 6.07) is 57.1. The third-order valence-corrected chi connectivity index (χ3v) is 14.2. The van der Waals surface area contributed by atoms with Crippen molar-refractivity contribution in [2.45, 2.75) is 73.0 Å². The largest absolute Gasteiger partial charge is 0.501 e. The van der Waals surface area contributed by atoms with Crippen molar-refractivity contribution < 1.29 is 24.5 Å². The first-order valence-electron chi connectivity index (χ1n) is 22.3. The minimum Gasteiger partial charge on any atom is -0.501 e. The van der Waals surface area contributed by atoms with Crippen LogP contribution in [0, 0.1) is 26.0 Å². The quantitative estimate of drug-likeness (QED) is 0.112. The Hall–Kier alpha value is -6.24. The second kappa shape index (κ2) is 18.7. The monoisotopic (exact) mass is 1040 g/mol. The summed E-state index contributed by atoms with van der Waals surface area (Å²) in [6.07, 6.45) is 2.05. The van der Waals surface area contributed by atoms with Gasteiger partial charge in [-0.15, -0.1) is 54.1 Å². The van der Waals surface area contributed by atoms with Gasteiger partial charge in [-0.1, -0.05) is 149 Å². The summed E-state index contributed by atoms with van der Waals surface area (Å²) in [5.74, 6) is 1.30. The molecular weight excluding hydrogens is 989 g/mol. The number of imidazole rings is 1. The fourth-order valence-electron chi connectivity index (χ4n) is 8.94. The van der Waals surface area contributed by atoms with E-state index < -0.39 is 8.07 Å². The molecule has 10 rings (SSSR count). The van der Waals surface area contributed by atoms with Crippen molar-refractivity contribution in [2.75, 3.05) is 0 Å². The maximum Gasteiger partial charge on any atom is 0.120 e. The molecule has 0 aliphatic rings. The summed E-state index contributed by atoms with van der Waals surface area (Å²) in [5, 5.41) is 3.58. The number of rotatable bonds is 8. The topological polar surface area (TPSA) is 56.7 Å². The van der Waals surface area contributed by atoms with Crippen molar-refractivity contribution in [3.8, 4) is 50.7 Å². The Morgan fingerprint density at radius 2 is 1.26 bits per heavy atom. The van der Waals surface area contributed by atoms with E-state index in [1.54, 1.807) is 0 Å². The SMILES string of the molecule is Cc1cc(-c2[c-]cccc2)ncc1[Si](C)(C)C.Cc1nc(-c2ccccc2)cc2nc(-c3[c-]ccc4c3oc3ccccc34)n(-c3c(C(C)C)cc(-c4ccccc4)cc3C(C)C)c12.[Ir].